The van der Waals surface area contributed by atoms with Gasteiger partial charge in [-0.25, -0.2) is 4.98 Å². The summed E-state index contributed by atoms with van der Waals surface area (Å²) in [6, 6.07) is 0. The van der Waals surface area contributed by atoms with E-state index in [1.165, 1.54) is 18.8 Å². The first-order chi connectivity index (χ1) is 5.86. The third kappa shape index (κ3) is 1.50. The fourth-order valence-corrected chi connectivity index (χ4v) is 1.74. The van der Waals surface area contributed by atoms with Crippen LogP contribution in [0.1, 0.15) is 12.2 Å². The molecule has 1 aromatic rings. The molecule has 0 bridgehead atoms. The van der Waals surface area contributed by atoms with Gasteiger partial charge < -0.3 is 9.88 Å². The number of imidazole rings is 1. The van der Waals surface area contributed by atoms with Gasteiger partial charge in [-0.2, -0.15) is 0 Å². The molecule has 1 aromatic heterocycles. The maximum absolute atomic E-state index is 4.31. The maximum atomic E-state index is 4.31. The number of rotatable bonds is 2. The van der Waals surface area contributed by atoms with Crippen LogP contribution in [0.2, 0.25) is 0 Å². The molecule has 0 radical (unpaired) electrons. The van der Waals surface area contributed by atoms with Gasteiger partial charge in [0.1, 0.15) is 5.82 Å². The second-order valence-electron chi connectivity index (χ2n) is 3.52. The first-order valence-corrected chi connectivity index (χ1v) is 4.53. The van der Waals surface area contributed by atoms with Crippen LogP contribution in [0.3, 0.4) is 0 Å². The van der Waals surface area contributed by atoms with Crippen LogP contribution in [0, 0.1) is 5.92 Å². The maximum Gasteiger partial charge on any atom is 0.108 e. The van der Waals surface area contributed by atoms with E-state index in [-0.39, 0.29) is 0 Å². The Labute approximate surface area is 72.8 Å². The molecule has 1 unspecified atom stereocenters. The van der Waals surface area contributed by atoms with E-state index in [2.05, 4.69) is 21.9 Å². The molecule has 1 saturated heterocycles. The van der Waals surface area contributed by atoms with Crippen LogP contribution in [-0.4, -0.2) is 22.6 Å². The summed E-state index contributed by atoms with van der Waals surface area (Å²) in [4.78, 5) is 4.31. The molecule has 1 fully saturated rings. The minimum Gasteiger partial charge on any atom is -0.338 e. The smallest absolute Gasteiger partial charge is 0.108 e. The lowest BCUT2D eigenvalue weighted by Gasteiger charge is -2.06. The molecule has 66 valence electrons. The Bertz CT molecular complexity index is 248. The Morgan fingerprint density at radius 3 is 3.25 bits per heavy atom. The van der Waals surface area contributed by atoms with Crippen molar-refractivity contribution in [1.82, 2.24) is 14.9 Å². The molecule has 1 N–H and O–H groups in total. The molecule has 0 aromatic carbocycles. The quantitative estimate of drug-likeness (QED) is 0.694. The lowest BCUT2D eigenvalue weighted by molar-refractivity contribution is 0.549. The molecule has 1 aliphatic heterocycles. The number of hydrogen-bond donors (Lipinski definition) is 1. The van der Waals surface area contributed by atoms with Gasteiger partial charge in [0, 0.05) is 25.9 Å². The highest BCUT2D eigenvalue weighted by atomic mass is 15.0. The number of nitrogens with one attached hydrogen (secondary N) is 1. The summed E-state index contributed by atoms with van der Waals surface area (Å²) in [5, 5.41) is 3.37. The van der Waals surface area contributed by atoms with Crippen LogP contribution in [0.4, 0.5) is 0 Å². The fraction of sp³-hybridized carbons (Fsp3) is 0.667. The molecule has 0 aliphatic carbocycles. The number of aryl methyl sites for hydroxylation is 1. The van der Waals surface area contributed by atoms with Gasteiger partial charge in [0.15, 0.2) is 0 Å². The molecular formula is C9H15N3. The van der Waals surface area contributed by atoms with E-state index < -0.39 is 0 Å². The first-order valence-electron chi connectivity index (χ1n) is 4.53. The Morgan fingerprint density at radius 2 is 2.67 bits per heavy atom. The second kappa shape index (κ2) is 3.27. The summed E-state index contributed by atoms with van der Waals surface area (Å²) in [7, 11) is 2.06. The number of aromatic nitrogens is 2. The van der Waals surface area contributed by atoms with Gasteiger partial charge >= 0.3 is 0 Å². The largest absolute Gasteiger partial charge is 0.338 e. The summed E-state index contributed by atoms with van der Waals surface area (Å²) in [5.41, 5.74) is 0. The van der Waals surface area contributed by atoms with Crippen LogP contribution in [-0.2, 0) is 13.5 Å². The van der Waals surface area contributed by atoms with Crippen molar-refractivity contribution in [2.45, 2.75) is 12.8 Å². The van der Waals surface area contributed by atoms with Crippen LogP contribution >= 0.6 is 0 Å². The van der Waals surface area contributed by atoms with Crippen molar-refractivity contribution in [3.63, 3.8) is 0 Å². The Kier molecular flexibility index (Phi) is 2.13. The molecule has 3 nitrogen and oxygen atoms in total. The SMILES string of the molecule is Cn1ccnc1CC1CCNC1. The Hall–Kier alpha value is -0.830. The predicted octanol–water partition coefficient (Wildman–Crippen LogP) is 0.572. The van der Waals surface area contributed by atoms with Crippen molar-refractivity contribution in [2.24, 2.45) is 13.0 Å². The molecule has 1 atom stereocenters. The lowest BCUT2D eigenvalue weighted by atomic mass is 10.1. The van der Waals surface area contributed by atoms with Gasteiger partial charge in [-0.15, -0.1) is 0 Å². The zero-order valence-corrected chi connectivity index (χ0v) is 7.45. The van der Waals surface area contributed by atoms with Crippen molar-refractivity contribution in [1.29, 1.82) is 0 Å². The molecule has 2 heterocycles. The molecule has 0 saturated carbocycles. The second-order valence-corrected chi connectivity index (χ2v) is 3.52. The van der Waals surface area contributed by atoms with Crippen LogP contribution in [0.25, 0.3) is 0 Å². The van der Waals surface area contributed by atoms with E-state index in [0.29, 0.717) is 0 Å². The number of hydrogen-bond acceptors (Lipinski definition) is 2. The third-order valence-electron chi connectivity index (χ3n) is 2.55. The van der Waals surface area contributed by atoms with Gasteiger partial charge in [-0.1, -0.05) is 0 Å². The Morgan fingerprint density at radius 1 is 1.75 bits per heavy atom. The van der Waals surface area contributed by atoms with Crippen molar-refractivity contribution in [3.05, 3.63) is 18.2 Å². The molecule has 3 heteroatoms. The molecule has 0 spiro atoms. The summed E-state index contributed by atoms with van der Waals surface area (Å²) < 4.78 is 2.11. The summed E-state index contributed by atoms with van der Waals surface area (Å²) in [6.45, 7) is 2.34. The predicted molar refractivity (Wildman–Crippen MR) is 47.9 cm³/mol. The minimum absolute atomic E-state index is 0.797. The zero-order valence-electron chi connectivity index (χ0n) is 7.45. The summed E-state index contributed by atoms with van der Waals surface area (Å²) in [6.07, 6.45) is 6.30. The van der Waals surface area contributed by atoms with Crippen molar-refractivity contribution in [3.8, 4) is 0 Å². The van der Waals surface area contributed by atoms with E-state index in [1.54, 1.807) is 0 Å². The normalized spacial score (nSPS) is 23.2. The zero-order chi connectivity index (χ0) is 8.39. The third-order valence-corrected chi connectivity index (χ3v) is 2.55. The van der Waals surface area contributed by atoms with Crippen LogP contribution in [0.5, 0.6) is 0 Å². The van der Waals surface area contributed by atoms with Gasteiger partial charge in [-0.3, -0.25) is 0 Å². The average molecular weight is 165 g/mol. The van der Waals surface area contributed by atoms with Gasteiger partial charge in [0.25, 0.3) is 0 Å². The topological polar surface area (TPSA) is 29.9 Å². The Balaban J connectivity index is 1.98. The van der Waals surface area contributed by atoms with Crippen molar-refractivity contribution in [2.75, 3.05) is 13.1 Å². The highest BCUT2D eigenvalue weighted by molar-refractivity contribution is 4.94. The van der Waals surface area contributed by atoms with E-state index in [4.69, 9.17) is 0 Å². The van der Waals surface area contributed by atoms with Crippen LogP contribution < -0.4 is 5.32 Å². The molecule has 2 rings (SSSR count). The lowest BCUT2D eigenvalue weighted by Crippen LogP contribution is -2.12. The minimum atomic E-state index is 0.797. The average Bonchev–Trinajstić information content (AvgIpc) is 2.65. The highest BCUT2D eigenvalue weighted by Gasteiger charge is 2.16. The molecule has 1 aliphatic rings. The van der Waals surface area contributed by atoms with Gasteiger partial charge in [0.05, 0.1) is 0 Å². The molecular weight excluding hydrogens is 150 g/mol. The number of nitrogens with zero attached hydrogens (tertiary/aromatic N) is 2. The van der Waals surface area contributed by atoms with Gasteiger partial charge in [-0.05, 0) is 25.4 Å². The van der Waals surface area contributed by atoms with Crippen molar-refractivity contribution >= 4 is 0 Å². The summed E-state index contributed by atoms with van der Waals surface area (Å²) in [5.74, 6) is 2.01. The van der Waals surface area contributed by atoms with E-state index in [9.17, 15) is 0 Å². The van der Waals surface area contributed by atoms with E-state index >= 15 is 0 Å². The van der Waals surface area contributed by atoms with Gasteiger partial charge in [0.2, 0.25) is 0 Å². The molecule has 0 amide bonds. The van der Waals surface area contributed by atoms with Crippen molar-refractivity contribution < 1.29 is 0 Å². The van der Waals surface area contributed by atoms with E-state index in [0.717, 1.165) is 18.9 Å². The van der Waals surface area contributed by atoms with Crippen LogP contribution in [0.15, 0.2) is 12.4 Å². The highest BCUT2D eigenvalue weighted by Crippen LogP contribution is 2.12. The molecule has 12 heavy (non-hydrogen) atoms. The monoisotopic (exact) mass is 165 g/mol. The standard InChI is InChI=1S/C9H15N3/c1-12-5-4-11-9(12)6-8-2-3-10-7-8/h4-5,8,10H,2-3,6-7H2,1H3. The first kappa shape index (κ1) is 7.80. The summed E-state index contributed by atoms with van der Waals surface area (Å²) >= 11 is 0. The van der Waals surface area contributed by atoms with E-state index in [1.807, 2.05) is 12.4 Å². The fourth-order valence-electron chi connectivity index (χ4n) is 1.74.